The van der Waals surface area contributed by atoms with E-state index in [0.717, 1.165) is 0 Å². The number of hydrogen-bond acceptors (Lipinski definition) is 2. The molecule has 0 saturated heterocycles. The van der Waals surface area contributed by atoms with Crippen LogP contribution in [0.2, 0.25) is 5.02 Å². The molecule has 0 fully saturated rings. The molecule has 0 bridgehead atoms. The maximum absolute atomic E-state index is 13.4. The first-order valence-corrected chi connectivity index (χ1v) is 6.32. The summed E-state index contributed by atoms with van der Waals surface area (Å²) in [5.74, 6) is 0.156. The summed E-state index contributed by atoms with van der Waals surface area (Å²) < 4.78 is 18.9. The van der Waals surface area contributed by atoms with Gasteiger partial charge in [-0.25, -0.2) is 4.39 Å². The van der Waals surface area contributed by atoms with E-state index in [9.17, 15) is 4.39 Å². The van der Waals surface area contributed by atoms with Gasteiger partial charge in [0.05, 0.1) is 5.02 Å². The van der Waals surface area contributed by atoms with Gasteiger partial charge in [0.1, 0.15) is 23.2 Å². The largest absolute Gasteiger partial charge is 0.487 e. The minimum atomic E-state index is -0.307. The van der Waals surface area contributed by atoms with Gasteiger partial charge in [0, 0.05) is 11.1 Å². The van der Waals surface area contributed by atoms with Gasteiger partial charge in [-0.1, -0.05) is 42.0 Å². The zero-order valence-corrected chi connectivity index (χ0v) is 11.5. The minimum Gasteiger partial charge on any atom is -0.487 e. The second-order valence-corrected chi connectivity index (χ2v) is 4.74. The van der Waals surface area contributed by atoms with Gasteiger partial charge in [0.15, 0.2) is 0 Å². The molecule has 19 heavy (non-hydrogen) atoms. The molecule has 98 valence electrons. The highest BCUT2D eigenvalue weighted by molar-refractivity contribution is 7.80. The van der Waals surface area contributed by atoms with Crippen LogP contribution in [0.1, 0.15) is 11.1 Å². The van der Waals surface area contributed by atoms with E-state index in [1.807, 2.05) is 0 Å². The van der Waals surface area contributed by atoms with Gasteiger partial charge >= 0.3 is 0 Å². The van der Waals surface area contributed by atoms with E-state index in [2.05, 4.69) is 0 Å². The lowest BCUT2D eigenvalue weighted by Crippen LogP contribution is -2.09. The predicted molar refractivity (Wildman–Crippen MR) is 78.1 cm³/mol. The Kier molecular flexibility index (Phi) is 4.35. The van der Waals surface area contributed by atoms with E-state index in [1.54, 1.807) is 36.4 Å². The van der Waals surface area contributed by atoms with Crippen molar-refractivity contribution >= 4 is 28.8 Å². The molecule has 0 aromatic heterocycles. The van der Waals surface area contributed by atoms with Crippen molar-refractivity contribution in [2.75, 3.05) is 0 Å². The summed E-state index contributed by atoms with van der Waals surface area (Å²) in [5, 5.41) is 0.390. The standard InChI is InChI=1S/C14H11ClFNOS/c15-11-7-9(14(17)19)5-6-13(11)18-8-10-3-1-2-4-12(10)16/h1-7H,8H2,(H2,17,19). The van der Waals surface area contributed by atoms with E-state index in [1.165, 1.54) is 6.07 Å². The number of benzene rings is 2. The molecule has 2 nitrogen and oxygen atoms in total. The molecule has 0 aliphatic rings. The van der Waals surface area contributed by atoms with E-state index in [-0.39, 0.29) is 17.4 Å². The molecule has 0 spiro atoms. The Balaban J connectivity index is 2.12. The fraction of sp³-hybridized carbons (Fsp3) is 0.0714. The van der Waals surface area contributed by atoms with Gasteiger partial charge in [0.25, 0.3) is 0 Å². The van der Waals surface area contributed by atoms with Crippen LogP contribution in [0.5, 0.6) is 5.75 Å². The second kappa shape index (κ2) is 5.99. The molecule has 5 heteroatoms. The average molecular weight is 296 g/mol. The van der Waals surface area contributed by atoms with Gasteiger partial charge in [-0.05, 0) is 24.3 Å². The van der Waals surface area contributed by atoms with Crippen LogP contribution in [-0.4, -0.2) is 4.99 Å². The SMILES string of the molecule is NC(=S)c1ccc(OCc2ccccc2F)c(Cl)c1. The van der Waals surface area contributed by atoms with Crippen molar-refractivity contribution < 1.29 is 9.13 Å². The molecule has 2 N–H and O–H groups in total. The number of nitrogens with two attached hydrogens (primary N) is 1. The van der Waals surface area contributed by atoms with Crippen LogP contribution in [0.3, 0.4) is 0 Å². The van der Waals surface area contributed by atoms with Crippen LogP contribution in [-0.2, 0) is 6.61 Å². The van der Waals surface area contributed by atoms with Crippen molar-refractivity contribution in [3.05, 3.63) is 64.4 Å². The Labute approximate surface area is 120 Å². The molecule has 0 heterocycles. The van der Waals surface area contributed by atoms with E-state index >= 15 is 0 Å². The molecule has 0 unspecified atom stereocenters. The first kappa shape index (κ1) is 13.8. The Hall–Kier alpha value is -1.65. The molecule has 2 aromatic rings. The summed E-state index contributed by atoms with van der Waals surface area (Å²) in [6.07, 6.45) is 0. The van der Waals surface area contributed by atoms with Crippen molar-refractivity contribution in [1.82, 2.24) is 0 Å². The highest BCUT2D eigenvalue weighted by Crippen LogP contribution is 2.26. The van der Waals surface area contributed by atoms with Crippen LogP contribution >= 0.6 is 23.8 Å². The van der Waals surface area contributed by atoms with Crippen LogP contribution < -0.4 is 10.5 Å². The summed E-state index contributed by atoms with van der Waals surface area (Å²) in [4.78, 5) is 0.266. The van der Waals surface area contributed by atoms with Crippen LogP contribution in [0.4, 0.5) is 4.39 Å². The van der Waals surface area contributed by atoms with Crippen LogP contribution in [0, 0.1) is 5.82 Å². The highest BCUT2D eigenvalue weighted by atomic mass is 35.5. The van der Waals surface area contributed by atoms with Gasteiger partial charge < -0.3 is 10.5 Å². The first-order chi connectivity index (χ1) is 9.08. The Morgan fingerprint density at radius 2 is 2.00 bits per heavy atom. The van der Waals surface area contributed by atoms with Crippen molar-refractivity contribution in [2.45, 2.75) is 6.61 Å². The third kappa shape index (κ3) is 3.43. The summed E-state index contributed by atoms with van der Waals surface area (Å²) >= 11 is 10.9. The highest BCUT2D eigenvalue weighted by Gasteiger charge is 2.07. The first-order valence-electron chi connectivity index (χ1n) is 5.53. The zero-order valence-electron chi connectivity index (χ0n) is 9.90. The van der Waals surface area contributed by atoms with Gasteiger partial charge in [-0.3, -0.25) is 0 Å². The quantitative estimate of drug-likeness (QED) is 0.874. The molecule has 0 amide bonds. The summed E-state index contributed by atoms with van der Waals surface area (Å²) in [7, 11) is 0. The number of ether oxygens (including phenoxy) is 1. The Morgan fingerprint density at radius 3 is 2.63 bits per heavy atom. The second-order valence-electron chi connectivity index (χ2n) is 3.89. The lowest BCUT2D eigenvalue weighted by molar-refractivity contribution is 0.300. The summed E-state index contributed by atoms with van der Waals surface area (Å²) in [5.41, 5.74) is 6.63. The van der Waals surface area contributed by atoms with Crippen molar-refractivity contribution in [1.29, 1.82) is 0 Å². The third-order valence-electron chi connectivity index (χ3n) is 2.56. The zero-order chi connectivity index (χ0) is 13.8. The van der Waals surface area contributed by atoms with Crippen molar-refractivity contribution in [2.24, 2.45) is 5.73 Å². The lowest BCUT2D eigenvalue weighted by Gasteiger charge is -2.09. The van der Waals surface area contributed by atoms with E-state index < -0.39 is 0 Å². The fourth-order valence-electron chi connectivity index (χ4n) is 1.54. The molecule has 0 radical (unpaired) electrons. The molecule has 2 aromatic carbocycles. The predicted octanol–water partition coefficient (Wildman–Crippen LogP) is 3.69. The monoisotopic (exact) mass is 295 g/mol. The van der Waals surface area contributed by atoms with Gasteiger partial charge in [-0.2, -0.15) is 0 Å². The molecule has 0 aliphatic heterocycles. The molecule has 0 aliphatic carbocycles. The smallest absolute Gasteiger partial charge is 0.138 e. The maximum Gasteiger partial charge on any atom is 0.138 e. The van der Waals surface area contributed by atoms with Crippen LogP contribution in [0.25, 0.3) is 0 Å². The van der Waals surface area contributed by atoms with E-state index in [0.29, 0.717) is 21.9 Å². The minimum absolute atomic E-state index is 0.110. The number of halogens is 2. The number of thiocarbonyl (C=S) groups is 1. The number of rotatable bonds is 4. The normalized spacial score (nSPS) is 10.2. The van der Waals surface area contributed by atoms with Crippen molar-refractivity contribution in [3.63, 3.8) is 0 Å². The van der Waals surface area contributed by atoms with Crippen LogP contribution in [0.15, 0.2) is 42.5 Å². The maximum atomic E-state index is 13.4. The Morgan fingerprint density at radius 1 is 1.26 bits per heavy atom. The van der Waals surface area contributed by atoms with Gasteiger partial charge in [0.2, 0.25) is 0 Å². The molecular formula is C14H11ClFNOS. The van der Waals surface area contributed by atoms with E-state index in [4.69, 9.17) is 34.3 Å². The molecular weight excluding hydrogens is 285 g/mol. The number of hydrogen-bond donors (Lipinski definition) is 1. The molecule has 2 rings (SSSR count). The lowest BCUT2D eigenvalue weighted by atomic mass is 10.2. The third-order valence-corrected chi connectivity index (χ3v) is 3.09. The Bertz CT molecular complexity index is 618. The summed E-state index contributed by atoms with van der Waals surface area (Å²) in [6, 6.07) is 11.4. The van der Waals surface area contributed by atoms with Gasteiger partial charge in [-0.15, -0.1) is 0 Å². The topological polar surface area (TPSA) is 35.2 Å². The summed E-state index contributed by atoms with van der Waals surface area (Å²) in [6.45, 7) is 0.110. The average Bonchev–Trinajstić information content (AvgIpc) is 2.39. The molecule has 0 saturated carbocycles. The fourth-order valence-corrected chi connectivity index (χ4v) is 1.90. The molecule has 0 atom stereocenters. The van der Waals surface area contributed by atoms with Crippen molar-refractivity contribution in [3.8, 4) is 5.75 Å².